The van der Waals surface area contributed by atoms with Crippen LogP contribution in [0.2, 0.25) is 0 Å². The Balaban J connectivity index is 1.77. The van der Waals surface area contributed by atoms with E-state index in [2.05, 4.69) is 36.1 Å². The topological polar surface area (TPSA) is 84.7 Å². The summed E-state index contributed by atoms with van der Waals surface area (Å²) in [7, 11) is 0. The molecule has 6 heteroatoms. The minimum Gasteiger partial charge on any atom is -0.449 e. The van der Waals surface area contributed by atoms with Crippen LogP contribution in [0.5, 0.6) is 0 Å². The van der Waals surface area contributed by atoms with Crippen LogP contribution in [-0.4, -0.2) is 36.7 Å². The molecule has 1 heterocycles. The first-order valence-electron chi connectivity index (χ1n) is 7.60. The number of amides is 3. The van der Waals surface area contributed by atoms with Crippen molar-refractivity contribution in [2.24, 2.45) is 5.73 Å². The molecule has 120 valence electrons. The molecule has 1 fully saturated rings. The fourth-order valence-electron chi connectivity index (χ4n) is 2.92. The Labute approximate surface area is 130 Å². The van der Waals surface area contributed by atoms with Gasteiger partial charge in [-0.25, -0.2) is 14.9 Å². The van der Waals surface area contributed by atoms with Gasteiger partial charge in [0.25, 0.3) is 0 Å². The summed E-state index contributed by atoms with van der Waals surface area (Å²) in [5, 5.41) is 1.88. The molecular weight excluding hydrogens is 282 g/mol. The SMILES string of the molecule is Cc1cccc([C@H]2CCCN2CCCOC(=O)NC(N)=O)c1. The summed E-state index contributed by atoms with van der Waals surface area (Å²) in [4.78, 5) is 24.0. The molecule has 1 aliphatic heterocycles. The van der Waals surface area contributed by atoms with Crippen LogP contribution < -0.4 is 11.1 Å². The standard InChI is InChI=1S/C16H23N3O3/c1-12-5-2-6-13(11-12)14-7-3-8-19(14)9-4-10-22-16(21)18-15(17)20/h2,5-6,11,14H,3-4,7-10H2,1H3,(H3,17,18,20,21)/t14-/m1/s1. The number of nitrogens with two attached hydrogens (primary N) is 1. The maximum absolute atomic E-state index is 11.1. The smallest absolute Gasteiger partial charge is 0.415 e. The Hall–Kier alpha value is -2.08. The second-order valence-electron chi connectivity index (χ2n) is 5.59. The van der Waals surface area contributed by atoms with Crippen LogP contribution in [0.15, 0.2) is 24.3 Å². The molecule has 0 unspecified atom stereocenters. The van der Waals surface area contributed by atoms with Crippen LogP contribution in [0.3, 0.4) is 0 Å². The van der Waals surface area contributed by atoms with Gasteiger partial charge in [0, 0.05) is 12.6 Å². The second kappa shape index (κ2) is 7.79. The fourth-order valence-corrected chi connectivity index (χ4v) is 2.92. The van der Waals surface area contributed by atoms with Gasteiger partial charge in [-0.15, -0.1) is 0 Å². The van der Waals surface area contributed by atoms with Gasteiger partial charge in [0.05, 0.1) is 6.61 Å². The zero-order chi connectivity index (χ0) is 15.9. The van der Waals surface area contributed by atoms with E-state index in [1.807, 2.05) is 5.32 Å². The van der Waals surface area contributed by atoms with Crippen molar-refractivity contribution in [1.82, 2.24) is 10.2 Å². The Kier molecular flexibility index (Phi) is 5.77. The molecule has 1 aromatic carbocycles. The van der Waals surface area contributed by atoms with Crippen molar-refractivity contribution in [1.29, 1.82) is 0 Å². The van der Waals surface area contributed by atoms with Crippen molar-refractivity contribution in [2.75, 3.05) is 19.7 Å². The van der Waals surface area contributed by atoms with Crippen LogP contribution >= 0.6 is 0 Å². The summed E-state index contributed by atoms with van der Waals surface area (Å²) in [5.41, 5.74) is 7.46. The van der Waals surface area contributed by atoms with Crippen molar-refractivity contribution in [3.05, 3.63) is 35.4 Å². The monoisotopic (exact) mass is 305 g/mol. The summed E-state index contributed by atoms with van der Waals surface area (Å²) in [6, 6.07) is 8.15. The Morgan fingerprint density at radius 3 is 3.00 bits per heavy atom. The van der Waals surface area contributed by atoms with Crippen LogP contribution in [0.25, 0.3) is 0 Å². The number of nitrogens with one attached hydrogen (secondary N) is 1. The zero-order valence-electron chi connectivity index (χ0n) is 12.9. The number of aryl methyl sites for hydroxylation is 1. The number of benzene rings is 1. The molecule has 0 spiro atoms. The lowest BCUT2D eigenvalue weighted by Crippen LogP contribution is -2.35. The van der Waals surface area contributed by atoms with E-state index in [9.17, 15) is 9.59 Å². The summed E-state index contributed by atoms with van der Waals surface area (Å²) < 4.78 is 4.90. The predicted octanol–water partition coefficient (Wildman–Crippen LogP) is 2.33. The van der Waals surface area contributed by atoms with Crippen molar-refractivity contribution in [3.63, 3.8) is 0 Å². The molecule has 1 aromatic rings. The van der Waals surface area contributed by atoms with Crippen molar-refractivity contribution in [3.8, 4) is 0 Å². The van der Waals surface area contributed by atoms with E-state index in [0.29, 0.717) is 6.04 Å². The number of nitrogens with zero attached hydrogens (tertiary/aromatic N) is 1. The lowest BCUT2D eigenvalue weighted by Gasteiger charge is -2.25. The summed E-state index contributed by atoms with van der Waals surface area (Å²) >= 11 is 0. The molecule has 2 rings (SSSR count). The van der Waals surface area contributed by atoms with Gasteiger partial charge in [0.2, 0.25) is 0 Å². The summed E-state index contributed by atoms with van der Waals surface area (Å²) in [5.74, 6) is 0. The fraction of sp³-hybridized carbons (Fsp3) is 0.500. The normalized spacial score (nSPS) is 18.1. The molecule has 0 aromatic heterocycles. The molecule has 6 nitrogen and oxygen atoms in total. The van der Waals surface area contributed by atoms with Crippen molar-refractivity contribution in [2.45, 2.75) is 32.2 Å². The lowest BCUT2D eigenvalue weighted by molar-refractivity contribution is 0.138. The average molecular weight is 305 g/mol. The predicted molar refractivity (Wildman–Crippen MR) is 83.4 cm³/mol. The van der Waals surface area contributed by atoms with Gasteiger partial charge in [-0.2, -0.15) is 0 Å². The van der Waals surface area contributed by atoms with Gasteiger partial charge in [-0.05, 0) is 38.3 Å². The minimum absolute atomic E-state index is 0.274. The number of likely N-dealkylation sites (tertiary alicyclic amines) is 1. The third-order valence-electron chi connectivity index (χ3n) is 3.84. The molecule has 1 saturated heterocycles. The first-order valence-corrected chi connectivity index (χ1v) is 7.60. The largest absolute Gasteiger partial charge is 0.449 e. The van der Waals surface area contributed by atoms with E-state index in [1.54, 1.807) is 0 Å². The van der Waals surface area contributed by atoms with Gasteiger partial charge >= 0.3 is 12.1 Å². The molecule has 3 N–H and O–H groups in total. The van der Waals surface area contributed by atoms with Crippen LogP contribution in [0.1, 0.15) is 36.4 Å². The maximum Gasteiger partial charge on any atom is 0.415 e. The number of primary amides is 1. The van der Waals surface area contributed by atoms with Gasteiger partial charge in [0.15, 0.2) is 0 Å². The van der Waals surface area contributed by atoms with Gasteiger partial charge in [-0.1, -0.05) is 29.8 Å². The second-order valence-corrected chi connectivity index (χ2v) is 5.59. The quantitative estimate of drug-likeness (QED) is 0.818. The molecule has 3 amide bonds. The lowest BCUT2D eigenvalue weighted by atomic mass is 10.0. The van der Waals surface area contributed by atoms with E-state index < -0.39 is 12.1 Å². The molecule has 22 heavy (non-hydrogen) atoms. The highest BCUT2D eigenvalue weighted by molar-refractivity contribution is 5.89. The minimum atomic E-state index is -0.899. The average Bonchev–Trinajstić information content (AvgIpc) is 2.91. The van der Waals surface area contributed by atoms with E-state index in [4.69, 9.17) is 10.5 Å². The molecule has 1 aliphatic rings. The number of urea groups is 1. The third kappa shape index (κ3) is 4.73. The number of hydrogen-bond donors (Lipinski definition) is 2. The number of carbonyl (C=O) groups excluding carboxylic acids is 2. The highest BCUT2D eigenvalue weighted by Gasteiger charge is 2.25. The number of alkyl carbamates (subject to hydrolysis) is 1. The molecule has 0 radical (unpaired) electrons. The van der Waals surface area contributed by atoms with Gasteiger partial charge < -0.3 is 10.5 Å². The van der Waals surface area contributed by atoms with E-state index in [0.717, 1.165) is 25.9 Å². The van der Waals surface area contributed by atoms with Gasteiger partial charge in [0.1, 0.15) is 0 Å². The first-order chi connectivity index (χ1) is 10.6. The number of ether oxygens (including phenoxy) is 1. The number of hydrogen-bond acceptors (Lipinski definition) is 4. The number of carbonyl (C=O) groups is 2. The van der Waals surface area contributed by atoms with E-state index >= 15 is 0 Å². The number of imide groups is 1. The van der Waals surface area contributed by atoms with Crippen LogP contribution in [0, 0.1) is 6.92 Å². The Morgan fingerprint density at radius 1 is 1.45 bits per heavy atom. The highest BCUT2D eigenvalue weighted by Crippen LogP contribution is 2.32. The maximum atomic E-state index is 11.1. The molecule has 0 saturated carbocycles. The summed E-state index contributed by atoms with van der Waals surface area (Å²) in [6.45, 7) is 4.30. The zero-order valence-corrected chi connectivity index (χ0v) is 12.9. The third-order valence-corrected chi connectivity index (χ3v) is 3.84. The molecule has 1 atom stereocenters. The Bertz CT molecular complexity index is 533. The highest BCUT2D eigenvalue weighted by atomic mass is 16.5. The molecule has 0 bridgehead atoms. The summed E-state index contributed by atoms with van der Waals surface area (Å²) in [6.07, 6.45) is 2.28. The van der Waals surface area contributed by atoms with Crippen LogP contribution in [-0.2, 0) is 4.74 Å². The first kappa shape index (κ1) is 16.3. The number of rotatable bonds is 5. The van der Waals surface area contributed by atoms with Crippen LogP contribution in [0.4, 0.5) is 9.59 Å². The van der Waals surface area contributed by atoms with Gasteiger partial charge in [-0.3, -0.25) is 4.90 Å². The molecular formula is C16H23N3O3. The van der Waals surface area contributed by atoms with E-state index in [1.165, 1.54) is 17.5 Å². The van der Waals surface area contributed by atoms with Crippen molar-refractivity contribution >= 4 is 12.1 Å². The van der Waals surface area contributed by atoms with E-state index in [-0.39, 0.29) is 6.61 Å². The molecule has 0 aliphatic carbocycles. The Morgan fingerprint density at radius 2 is 2.27 bits per heavy atom. The van der Waals surface area contributed by atoms with Crippen molar-refractivity contribution < 1.29 is 14.3 Å².